The van der Waals surface area contributed by atoms with Crippen LogP contribution in [0.5, 0.6) is 0 Å². The summed E-state index contributed by atoms with van der Waals surface area (Å²) in [6, 6.07) is 0. The Morgan fingerprint density at radius 3 is 2.40 bits per heavy atom. The molecule has 0 spiro atoms. The van der Waals surface area contributed by atoms with Crippen molar-refractivity contribution < 1.29 is 0 Å². The molecule has 0 aromatic heterocycles. The standard InChI is InChI=1S/C11H23N3S/c12-10-11(4-8-15-9-5-11)13-14-6-2-1-3-7-14/h13H,1-10,12H2. The van der Waals surface area contributed by atoms with Crippen molar-refractivity contribution in [3.8, 4) is 0 Å². The molecule has 15 heavy (non-hydrogen) atoms. The van der Waals surface area contributed by atoms with Gasteiger partial charge in [0, 0.05) is 25.2 Å². The third kappa shape index (κ3) is 3.09. The maximum Gasteiger partial charge on any atom is 0.0463 e. The molecule has 2 saturated heterocycles. The molecule has 2 heterocycles. The number of thioether (sulfide) groups is 1. The van der Waals surface area contributed by atoms with Crippen molar-refractivity contribution in [3.05, 3.63) is 0 Å². The Bertz CT molecular complexity index is 186. The minimum atomic E-state index is 0.211. The van der Waals surface area contributed by atoms with E-state index in [1.165, 1.54) is 56.7 Å². The highest BCUT2D eigenvalue weighted by Crippen LogP contribution is 2.27. The van der Waals surface area contributed by atoms with Crippen LogP contribution in [0, 0.1) is 0 Å². The largest absolute Gasteiger partial charge is 0.329 e. The van der Waals surface area contributed by atoms with Gasteiger partial charge in [-0.25, -0.2) is 10.4 Å². The van der Waals surface area contributed by atoms with Crippen LogP contribution in [0.25, 0.3) is 0 Å². The van der Waals surface area contributed by atoms with Gasteiger partial charge in [0.25, 0.3) is 0 Å². The SMILES string of the molecule is NCC1(NN2CCCCC2)CCSCC1. The summed E-state index contributed by atoms with van der Waals surface area (Å²) in [4.78, 5) is 0. The molecule has 88 valence electrons. The zero-order valence-electron chi connectivity index (χ0n) is 9.50. The summed E-state index contributed by atoms with van der Waals surface area (Å²) in [5.41, 5.74) is 9.88. The first-order valence-electron chi connectivity index (χ1n) is 6.15. The lowest BCUT2D eigenvalue weighted by molar-refractivity contribution is 0.0779. The molecular weight excluding hydrogens is 206 g/mol. The molecule has 0 radical (unpaired) electrons. The van der Waals surface area contributed by atoms with E-state index >= 15 is 0 Å². The van der Waals surface area contributed by atoms with Crippen LogP contribution < -0.4 is 11.2 Å². The molecule has 2 rings (SSSR count). The van der Waals surface area contributed by atoms with Gasteiger partial charge in [-0.05, 0) is 37.2 Å². The highest BCUT2D eigenvalue weighted by molar-refractivity contribution is 7.99. The maximum absolute atomic E-state index is 5.96. The normalized spacial score (nSPS) is 27.8. The van der Waals surface area contributed by atoms with Crippen LogP contribution in [0.4, 0.5) is 0 Å². The molecule has 0 saturated carbocycles. The summed E-state index contributed by atoms with van der Waals surface area (Å²) >= 11 is 2.06. The Labute approximate surface area is 97.1 Å². The molecule has 0 bridgehead atoms. The maximum atomic E-state index is 5.96. The molecule has 2 aliphatic rings. The lowest BCUT2D eigenvalue weighted by Gasteiger charge is -2.42. The van der Waals surface area contributed by atoms with E-state index in [4.69, 9.17) is 5.73 Å². The van der Waals surface area contributed by atoms with Crippen molar-refractivity contribution in [1.29, 1.82) is 0 Å². The molecule has 0 unspecified atom stereocenters. The van der Waals surface area contributed by atoms with Crippen molar-refractivity contribution in [2.24, 2.45) is 5.73 Å². The summed E-state index contributed by atoms with van der Waals surface area (Å²) in [5.74, 6) is 2.52. The van der Waals surface area contributed by atoms with Crippen LogP contribution in [-0.4, -0.2) is 41.7 Å². The first-order valence-corrected chi connectivity index (χ1v) is 7.31. The fraction of sp³-hybridized carbons (Fsp3) is 1.00. The second kappa shape index (κ2) is 5.53. The Morgan fingerprint density at radius 1 is 1.13 bits per heavy atom. The fourth-order valence-corrected chi connectivity index (χ4v) is 3.74. The molecule has 2 aliphatic heterocycles. The second-order valence-electron chi connectivity index (χ2n) is 4.76. The zero-order chi connectivity index (χ0) is 10.6. The predicted octanol–water partition coefficient (Wildman–Crippen LogP) is 1.20. The van der Waals surface area contributed by atoms with Gasteiger partial charge in [-0.2, -0.15) is 11.8 Å². The molecule has 3 nitrogen and oxygen atoms in total. The van der Waals surface area contributed by atoms with Crippen LogP contribution in [-0.2, 0) is 0 Å². The van der Waals surface area contributed by atoms with Crippen molar-refractivity contribution >= 4 is 11.8 Å². The van der Waals surface area contributed by atoms with Crippen LogP contribution in [0.1, 0.15) is 32.1 Å². The van der Waals surface area contributed by atoms with Crippen LogP contribution in [0.15, 0.2) is 0 Å². The fourth-order valence-electron chi connectivity index (χ4n) is 2.46. The van der Waals surface area contributed by atoms with E-state index in [2.05, 4.69) is 22.2 Å². The van der Waals surface area contributed by atoms with Crippen LogP contribution in [0.3, 0.4) is 0 Å². The van der Waals surface area contributed by atoms with E-state index in [0.717, 1.165) is 6.54 Å². The topological polar surface area (TPSA) is 41.3 Å². The first-order chi connectivity index (χ1) is 7.35. The molecular formula is C11H23N3S. The number of hydrogen-bond acceptors (Lipinski definition) is 4. The summed E-state index contributed by atoms with van der Waals surface area (Å²) in [6.07, 6.45) is 6.52. The molecule has 0 aromatic carbocycles. The summed E-state index contributed by atoms with van der Waals surface area (Å²) < 4.78 is 0. The molecule has 0 atom stereocenters. The zero-order valence-corrected chi connectivity index (χ0v) is 10.3. The second-order valence-corrected chi connectivity index (χ2v) is 5.98. The van der Waals surface area contributed by atoms with Gasteiger partial charge in [0.2, 0.25) is 0 Å². The van der Waals surface area contributed by atoms with Gasteiger partial charge >= 0.3 is 0 Å². The van der Waals surface area contributed by atoms with E-state index in [-0.39, 0.29) is 5.54 Å². The van der Waals surface area contributed by atoms with E-state index in [1.807, 2.05) is 0 Å². The van der Waals surface area contributed by atoms with Gasteiger partial charge in [0.15, 0.2) is 0 Å². The smallest absolute Gasteiger partial charge is 0.0463 e. The van der Waals surface area contributed by atoms with Gasteiger partial charge in [-0.3, -0.25) is 0 Å². The van der Waals surface area contributed by atoms with Gasteiger partial charge in [-0.15, -0.1) is 0 Å². The molecule has 0 aromatic rings. The third-order valence-electron chi connectivity index (χ3n) is 3.59. The van der Waals surface area contributed by atoms with Gasteiger partial charge < -0.3 is 5.73 Å². The van der Waals surface area contributed by atoms with Gasteiger partial charge in [0.05, 0.1) is 0 Å². The number of nitrogens with two attached hydrogens (primary N) is 1. The average molecular weight is 229 g/mol. The summed E-state index contributed by atoms with van der Waals surface area (Å²) in [6.45, 7) is 3.19. The minimum Gasteiger partial charge on any atom is -0.329 e. The van der Waals surface area contributed by atoms with E-state index < -0.39 is 0 Å². The molecule has 3 N–H and O–H groups in total. The average Bonchev–Trinajstić information content (AvgIpc) is 2.32. The van der Waals surface area contributed by atoms with E-state index in [0.29, 0.717) is 0 Å². The van der Waals surface area contributed by atoms with Crippen molar-refractivity contribution in [2.75, 3.05) is 31.1 Å². The molecule has 0 amide bonds. The van der Waals surface area contributed by atoms with E-state index in [1.54, 1.807) is 0 Å². The van der Waals surface area contributed by atoms with Gasteiger partial charge in [-0.1, -0.05) is 6.42 Å². The lowest BCUT2D eigenvalue weighted by Crippen LogP contribution is -2.60. The number of hydrazine groups is 1. The Morgan fingerprint density at radius 2 is 1.80 bits per heavy atom. The highest BCUT2D eigenvalue weighted by atomic mass is 32.2. The summed E-state index contributed by atoms with van der Waals surface area (Å²) in [5, 5.41) is 2.41. The quantitative estimate of drug-likeness (QED) is 0.763. The number of nitrogens with zero attached hydrogens (tertiary/aromatic N) is 1. The lowest BCUT2D eigenvalue weighted by atomic mass is 9.93. The monoisotopic (exact) mass is 229 g/mol. The van der Waals surface area contributed by atoms with Crippen molar-refractivity contribution in [1.82, 2.24) is 10.4 Å². The van der Waals surface area contributed by atoms with Crippen molar-refractivity contribution in [3.63, 3.8) is 0 Å². The molecule has 4 heteroatoms. The Kier molecular flexibility index (Phi) is 4.31. The highest BCUT2D eigenvalue weighted by Gasteiger charge is 2.32. The van der Waals surface area contributed by atoms with Crippen LogP contribution in [0.2, 0.25) is 0 Å². The summed E-state index contributed by atoms with van der Waals surface area (Å²) in [7, 11) is 0. The van der Waals surface area contributed by atoms with Gasteiger partial charge in [0.1, 0.15) is 0 Å². The first kappa shape index (κ1) is 11.7. The van der Waals surface area contributed by atoms with Crippen LogP contribution >= 0.6 is 11.8 Å². The number of piperidine rings is 1. The number of hydrogen-bond donors (Lipinski definition) is 2. The Balaban J connectivity index is 1.87. The number of nitrogens with one attached hydrogen (secondary N) is 1. The third-order valence-corrected chi connectivity index (χ3v) is 4.58. The molecule has 2 fully saturated rings. The van der Waals surface area contributed by atoms with E-state index in [9.17, 15) is 0 Å². The minimum absolute atomic E-state index is 0.211. The Hall–Kier alpha value is 0.230. The molecule has 0 aliphatic carbocycles. The van der Waals surface area contributed by atoms with Crippen molar-refractivity contribution in [2.45, 2.75) is 37.6 Å². The number of rotatable bonds is 3. The predicted molar refractivity (Wildman–Crippen MR) is 66.9 cm³/mol.